The molecule has 0 saturated heterocycles. The van der Waals surface area contributed by atoms with E-state index in [-0.39, 0.29) is 11.3 Å². The zero-order chi connectivity index (χ0) is 15.2. The summed E-state index contributed by atoms with van der Waals surface area (Å²) >= 11 is 0. The van der Waals surface area contributed by atoms with Gasteiger partial charge in [0.15, 0.2) is 0 Å². The number of benzene rings is 1. The van der Waals surface area contributed by atoms with Crippen molar-refractivity contribution in [3.05, 3.63) is 35.4 Å². The Labute approximate surface area is 122 Å². The molecule has 0 bridgehead atoms. The lowest BCUT2D eigenvalue weighted by atomic mass is 9.98. The van der Waals surface area contributed by atoms with Crippen molar-refractivity contribution in [3.63, 3.8) is 0 Å². The normalized spacial score (nSPS) is 10.9. The molecule has 0 atom stereocenters. The monoisotopic (exact) mass is 272 g/mol. The average molecular weight is 272 g/mol. The van der Waals surface area contributed by atoms with Crippen LogP contribution in [-0.4, -0.2) is 31.4 Å². The summed E-state index contributed by atoms with van der Waals surface area (Å²) in [5.74, 6) is 5.98. The summed E-state index contributed by atoms with van der Waals surface area (Å²) in [5, 5.41) is 2.81. The summed E-state index contributed by atoms with van der Waals surface area (Å²) in [6, 6.07) is 7.67. The van der Waals surface area contributed by atoms with Gasteiger partial charge in [-0.15, -0.1) is 0 Å². The fourth-order valence-corrected chi connectivity index (χ4v) is 1.66. The van der Waals surface area contributed by atoms with Crippen LogP contribution in [0.2, 0.25) is 0 Å². The number of carbonyl (C=O) groups excluding carboxylic acids is 1. The predicted octanol–water partition coefficient (Wildman–Crippen LogP) is 2.53. The van der Waals surface area contributed by atoms with Gasteiger partial charge in [-0.25, -0.2) is 0 Å². The zero-order valence-corrected chi connectivity index (χ0v) is 13.1. The quantitative estimate of drug-likeness (QED) is 0.854. The van der Waals surface area contributed by atoms with E-state index in [1.54, 1.807) is 0 Å². The van der Waals surface area contributed by atoms with Crippen molar-refractivity contribution in [1.82, 2.24) is 10.2 Å². The van der Waals surface area contributed by atoms with E-state index in [4.69, 9.17) is 0 Å². The average Bonchev–Trinajstić information content (AvgIpc) is 2.33. The minimum Gasteiger partial charge on any atom is -0.341 e. The molecule has 0 heterocycles. The fraction of sp³-hybridized carbons (Fsp3) is 0.471. The molecule has 3 nitrogen and oxygen atoms in total. The molecule has 3 heteroatoms. The smallest absolute Gasteiger partial charge is 0.252 e. The lowest BCUT2D eigenvalue weighted by Crippen LogP contribution is -2.23. The third-order valence-corrected chi connectivity index (χ3v) is 2.52. The van der Waals surface area contributed by atoms with Gasteiger partial charge in [-0.3, -0.25) is 4.79 Å². The second kappa shape index (κ2) is 7.12. The summed E-state index contributed by atoms with van der Waals surface area (Å²) in [5.41, 5.74) is 1.84. The van der Waals surface area contributed by atoms with Gasteiger partial charge >= 0.3 is 0 Å². The standard InChI is InChI=1S/C17H24N2O/c1-17(2,3)11-6-12-18-16(20)15-9-7-14(8-10-15)13-19(4)5/h7-10H,12-13H2,1-5H3,(H,18,20). The lowest BCUT2D eigenvalue weighted by Gasteiger charge is -2.10. The highest BCUT2D eigenvalue weighted by Crippen LogP contribution is 2.09. The number of nitrogens with zero attached hydrogens (tertiary/aromatic N) is 1. The molecule has 0 saturated carbocycles. The summed E-state index contributed by atoms with van der Waals surface area (Å²) in [4.78, 5) is 14.0. The maximum absolute atomic E-state index is 11.9. The number of carbonyl (C=O) groups is 1. The largest absolute Gasteiger partial charge is 0.341 e. The van der Waals surface area contributed by atoms with E-state index in [1.807, 2.05) is 59.1 Å². The molecule has 1 rings (SSSR count). The highest BCUT2D eigenvalue weighted by molar-refractivity contribution is 5.94. The first-order valence-corrected chi connectivity index (χ1v) is 6.80. The summed E-state index contributed by atoms with van der Waals surface area (Å²) in [7, 11) is 4.04. The lowest BCUT2D eigenvalue weighted by molar-refractivity contribution is 0.0958. The van der Waals surface area contributed by atoms with Gasteiger partial charge in [-0.05, 0) is 52.6 Å². The molecule has 0 fully saturated rings. The number of amides is 1. The van der Waals surface area contributed by atoms with Crippen LogP contribution < -0.4 is 5.32 Å². The first-order valence-electron chi connectivity index (χ1n) is 6.80. The van der Waals surface area contributed by atoms with E-state index in [9.17, 15) is 4.79 Å². The van der Waals surface area contributed by atoms with Crippen molar-refractivity contribution in [3.8, 4) is 11.8 Å². The van der Waals surface area contributed by atoms with Gasteiger partial charge in [0.1, 0.15) is 0 Å². The van der Waals surface area contributed by atoms with Gasteiger partial charge in [0.25, 0.3) is 5.91 Å². The van der Waals surface area contributed by atoms with Crippen LogP contribution in [0.15, 0.2) is 24.3 Å². The molecule has 108 valence electrons. The van der Waals surface area contributed by atoms with E-state index in [0.29, 0.717) is 12.1 Å². The topological polar surface area (TPSA) is 32.3 Å². The van der Waals surface area contributed by atoms with Crippen LogP contribution in [0, 0.1) is 17.3 Å². The Balaban J connectivity index is 2.53. The highest BCUT2D eigenvalue weighted by atomic mass is 16.1. The Morgan fingerprint density at radius 3 is 2.30 bits per heavy atom. The number of rotatable bonds is 4. The summed E-state index contributed by atoms with van der Waals surface area (Å²) in [6.07, 6.45) is 0. The van der Waals surface area contributed by atoms with Crippen LogP contribution in [0.1, 0.15) is 36.7 Å². The van der Waals surface area contributed by atoms with Crippen LogP contribution >= 0.6 is 0 Å². The first kappa shape index (κ1) is 16.3. The molecule has 1 N–H and O–H groups in total. The van der Waals surface area contributed by atoms with Crippen molar-refractivity contribution >= 4 is 5.91 Å². The molecule has 1 aromatic rings. The van der Waals surface area contributed by atoms with Crippen molar-refractivity contribution < 1.29 is 4.79 Å². The highest BCUT2D eigenvalue weighted by Gasteiger charge is 2.05. The van der Waals surface area contributed by atoms with E-state index in [1.165, 1.54) is 5.56 Å². The summed E-state index contributed by atoms with van der Waals surface area (Å²) < 4.78 is 0. The fourth-order valence-electron chi connectivity index (χ4n) is 1.66. The van der Waals surface area contributed by atoms with E-state index >= 15 is 0 Å². The summed E-state index contributed by atoms with van der Waals surface area (Å²) in [6.45, 7) is 7.40. The molecule has 0 unspecified atom stereocenters. The zero-order valence-electron chi connectivity index (χ0n) is 13.1. The van der Waals surface area contributed by atoms with Gasteiger partial charge < -0.3 is 10.2 Å². The molecule has 0 aliphatic rings. The van der Waals surface area contributed by atoms with Crippen molar-refractivity contribution in [1.29, 1.82) is 0 Å². The van der Waals surface area contributed by atoms with E-state index in [0.717, 1.165) is 6.54 Å². The molecular formula is C17H24N2O. The molecule has 0 radical (unpaired) electrons. The Bertz CT molecular complexity index is 499. The minimum absolute atomic E-state index is 0.0292. The van der Waals surface area contributed by atoms with Crippen LogP contribution in [0.5, 0.6) is 0 Å². The molecule has 0 aromatic heterocycles. The van der Waals surface area contributed by atoms with Gasteiger partial charge in [-0.1, -0.05) is 24.0 Å². The Kier molecular flexibility index (Phi) is 5.79. The first-order chi connectivity index (χ1) is 9.28. The minimum atomic E-state index is -0.0791. The van der Waals surface area contributed by atoms with Crippen LogP contribution in [0.3, 0.4) is 0 Å². The number of hydrogen-bond donors (Lipinski definition) is 1. The second-order valence-corrected chi connectivity index (χ2v) is 6.17. The Morgan fingerprint density at radius 2 is 1.80 bits per heavy atom. The maximum Gasteiger partial charge on any atom is 0.252 e. The van der Waals surface area contributed by atoms with E-state index in [2.05, 4.69) is 22.1 Å². The molecule has 1 amide bonds. The Hall–Kier alpha value is -1.79. The van der Waals surface area contributed by atoms with Crippen molar-refractivity contribution in [2.45, 2.75) is 27.3 Å². The molecule has 0 spiro atoms. The number of nitrogens with one attached hydrogen (secondary N) is 1. The van der Waals surface area contributed by atoms with E-state index < -0.39 is 0 Å². The molecule has 0 aliphatic heterocycles. The second-order valence-electron chi connectivity index (χ2n) is 6.17. The molecule has 20 heavy (non-hydrogen) atoms. The van der Waals surface area contributed by atoms with Crippen LogP contribution in [0.4, 0.5) is 0 Å². The van der Waals surface area contributed by atoms with Gasteiger partial charge in [-0.2, -0.15) is 0 Å². The molecular weight excluding hydrogens is 248 g/mol. The SMILES string of the molecule is CN(C)Cc1ccc(C(=O)NCC#CC(C)(C)C)cc1. The molecule has 0 aliphatic carbocycles. The van der Waals surface area contributed by atoms with Crippen LogP contribution in [0.25, 0.3) is 0 Å². The number of hydrogen-bond acceptors (Lipinski definition) is 2. The third-order valence-electron chi connectivity index (χ3n) is 2.52. The van der Waals surface area contributed by atoms with Crippen LogP contribution in [-0.2, 0) is 6.54 Å². The van der Waals surface area contributed by atoms with Gasteiger partial charge in [0.05, 0.1) is 6.54 Å². The molecule has 1 aromatic carbocycles. The maximum atomic E-state index is 11.9. The van der Waals surface area contributed by atoms with Crippen molar-refractivity contribution in [2.24, 2.45) is 5.41 Å². The Morgan fingerprint density at radius 1 is 1.20 bits per heavy atom. The van der Waals surface area contributed by atoms with Gasteiger partial charge in [0.2, 0.25) is 0 Å². The third kappa shape index (κ3) is 6.40. The predicted molar refractivity (Wildman–Crippen MR) is 83.4 cm³/mol. The van der Waals surface area contributed by atoms with Gasteiger partial charge in [0, 0.05) is 17.5 Å². The van der Waals surface area contributed by atoms with Crippen molar-refractivity contribution in [2.75, 3.05) is 20.6 Å².